The fourth-order valence-electron chi connectivity index (χ4n) is 3.30. The van der Waals surface area contributed by atoms with Gasteiger partial charge in [0.1, 0.15) is 5.75 Å². The molecule has 1 saturated heterocycles. The van der Waals surface area contributed by atoms with E-state index in [9.17, 15) is 4.79 Å². The molecular weight excluding hydrogens is 356 g/mol. The van der Waals surface area contributed by atoms with Crippen molar-refractivity contribution in [3.63, 3.8) is 0 Å². The number of hydrogen-bond donors (Lipinski definition) is 1. The molecule has 4 rings (SSSR count). The number of aromatic nitrogens is 2. The zero-order valence-corrected chi connectivity index (χ0v) is 15.7. The molecular formula is C21H22N4O3. The highest BCUT2D eigenvalue weighted by Crippen LogP contribution is 2.26. The lowest BCUT2D eigenvalue weighted by molar-refractivity contribution is -0.120. The molecule has 2 aromatic carbocycles. The van der Waals surface area contributed by atoms with Crippen LogP contribution in [0.25, 0.3) is 11.4 Å². The lowest BCUT2D eigenvalue weighted by Crippen LogP contribution is -2.38. The van der Waals surface area contributed by atoms with Crippen molar-refractivity contribution in [1.29, 1.82) is 0 Å². The minimum absolute atomic E-state index is 0.0135. The molecule has 144 valence electrons. The van der Waals surface area contributed by atoms with E-state index >= 15 is 0 Å². The van der Waals surface area contributed by atoms with Crippen molar-refractivity contribution in [2.24, 2.45) is 5.92 Å². The van der Waals surface area contributed by atoms with Crippen molar-refractivity contribution < 1.29 is 14.1 Å². The third-order valence-corrected chi connectivity index (χ3v) is 4.94. The maximum atomic E-state index is 12.5. The number of rotatable bonds is 5. The summed E-state index contributed by atoms with van der Waals surface area (Å²) >= 11 is 0. The second-order valence-corrected chi connectivity index (χ2v) is 6.75. The highest BCUT2D eigenvalue weighted by atomic mass is 16.5. The molecule has 0 unspecified atom stereocenters. The minimum Gasteiger partial charge on any atom is -0.497 e. The van der Waals surface area contributed by atoms with Gasteiger partial charge in [-0.1, -0.05) is 23.4 Å². The first-order chi connectivity index (χ1) is 13.7. The molecule has 0 radical (unpaired) electrons. The van der Waals surface area contributed by atoms with Crippen molar-refractivity contribution >= 4 is 17.6 Å². The number of piperidine rings is 1. The number of amides is 1. The van der Waals surface area contributed by atoms with Crippen molar-refractivity contribution in [2.45, 2.75) is 12.8 Å². The molecule has 0 aliphatic carbocycles. The SMILES string of the molecule is COc1ccc(-c2noc(N3CCC(C(=O)Nc4ccccc4)CC3)n2)cc1. The van der Waals surface area contributed by atoms with E-state index in [1.807, 2.05) is 59.5 Å². The molecule has 1 aliphatic rings. The Balaban J connectivity index is 1.35. The molecule has 0 bridgehead atoms. The van der Waals surface area contributed by atoms with E-state index in [1.165, 1.54) is 0 Å². The number of para-hydroxylation sites is 1. The van der Waals surface area contributed by atoms with Crippen LogP contribution in [0.5, 0.6) is 5.75 Å². The van der Waals surface area contributed by atoms with Gasteiger partial charge in [-0.2, -0.15) is 4.98 Å². The van der Waals surface area contributed by atoms with Gasteiger partial charge in [0.15, 0.2) is 0 Å². The number of ether oxygens (including phenoxy) is 1. The fourth-order valence-corrected chi connectivity index (χ4v) is 3.30. The molecule has 3 aromatic rings. The zero-order chi connectivity index (χ0) is 19.3. The third-order valence-electron chi connectivity index (χ3n) is 4.94. The summed E-state index contributed by atoms with van der Waals surface area (Å²) in [4.78, 5) is 19.0. The molecule has 2 heterocycles. The first kappa shape index (κ1) is 18.0. The predicted molar refractivity (Wildman–Crippen MR) is 106 cm³/mol. The molecule has 1 aliphatic heterocycles. The Bertz CT molecular complexity index is 916. The van der Waals surface area contributed by atoms with Crippen LogP contribution in [-0.2, 0) is 4.79 Å². The van der Waals surface area contributed by atoms with Gasteiger partial charge in [-0.05, 0) is 49.2 Å². The molecule has 1 fully saturated rings. The third kappa shape index (κ3) is 3.98. The second kappa shape index (κ2) is 8.12. The Kier molecular flexibility index (Phi) is 5.23. The molecule has 1 aromatic heterocycles. The van der Waals surface area contributed by atoms with E-state index in [0.717, 1.165) is 29.8 Å². The van der Waals surface area contributed by atoms with E-state index in [1.54, 1.807) is 7.11 Å². The number of methoxy groups -OCH3 is 1. The van der Waals surface area contributed by atoms with Crippen molar-refractivity contribution in [3.8, 4) is 17.1 Å². The van der Waals surface area contributed by atoms with Gasteiger partial charge in [-0.3, -0.25) is 4.79 Å². The zero-order valence-electron chi connectivity index (χ0n) is 15.7. The van der Waals surface area contributed by atoms with Crippen LogP contribution in [0, 0.1) is 5.92 Å². The summed E-state index contributed by atoms with van der Waals surface area (Å²) in [5, 5.41) is 7.06. The van der Waals surface area contributed by atoms with Crippen molar-refractivity contribution in [1.82, 2.24) is 10.1 Å². The molecule has 1 amide bonds. The molecule has 0 spiro atoms. The lowest BCUT2D eigenvalue weighted by atomic mass is 9.96. The van der Waals surface area contributed by atoms with E-state index in [-0.39, 0.29) is 11.8 Å². The number of hydrogen-bond acceptors (Lipinski definition) is 6. The van der Waals surface area contributed by atoms with Crippen LogP contribution in [0.15, 0.2) is 59.1 Å². The Hall–Kier alpha value is -3.35. The molecule has 28 heavy (non-hydrogen) atoms. The lowest BCUT2D eigenvalue weighted by Gasteiger charge is -2.29. The quantitative estimate of drug-likeness (QED) is 0.731. The minimum atomic E-state index is -0.0135. The van der Waals surface area contributed by atoms with Gasteiger partial charge in [-0.15, -0.1) is 0 Å². The number of nitrogens with one attached hydrogen (secondary N) is 1. The Labute approximate surface area is 163 Å². The molecule has 0 atom stereocenters. The van der Waals surface area contributed by atoms with E-state index in [4.69, 9.17) is 9.26 Å². The fraction of sp³-hybridized carbons (Fsp3) is 0.286. The second-order valence-electron chi connectivity index (χ2n) is 6.75. The first-order valence-electron chi connectivity index (χ1n) is 9.32. The monoisotopic (exact) mass is 378 g/mol. The molecule has 0 saturated carbocycles. The van der Waals surface area contributed by atoms with Crippen LogP contribution in [0.3, 0.4) is 0 Å². The van der Waals surface area contributed by atoms with Gasteiger partial charge in [0, 0.05) is 30.3 Å². The van der Waals surface area contributed by atoms with E-state index in [2.05, 4.69) is 15.5 Å². The predicted octanol–water partition coefficient (Wildman–Crippen LogP) is 3.60. The summed E-state index contributed by atoms with van der Waals surface area (Å²) < 4.78 is 10.6. The van der Waals surface area contributed by atoms with Crippen molar-refractivity contribution in [2.75, 3.05) is 30.4 Å². The number of benzene rings is 2. The van der Waals surface area contributed by atoms with Crippen LogP contribution in [0.4, 0.5) is 11.7 Å². The smallest absolute Gasteiger partial charge is 0.324 e. The average Bonchev–Trinajstić information content (AvgIpc) is 3.25. The largest absolute Gasteiger partial charge is 0.497 e. The summed E-state index contributed by atoms with van der Waals surface area (Å²) in [5.41, 5.74) is 1.70. The summed E-state index contributed by atoms with van der Waals surface area (Å²) in [6, 6.07) is 17.6. The van der Waals surface area contributed by atoms with Gasteiger partial charge in [0.05, 0.1) is 7.11 Å². The van der Waals surface area contributed by atoms with Crippen LogP contribution in [0.2, 0.25) is 0 Å². The van der Waals surface area contributed by atoms with Gasteiger partial charge >= 0.3 is 6.01 Å². The topological polar surface area (TPSA) is 80.5 Å². The molecule has 1 N–H and O–H groups in total. The van der Waals surface area contributed by atoms with Gasteiger partial charge in [-0.25, -0.2) is 0 Å². The summed E-state index contributed by atoms with van der Waals surface area (Å²) in [6.45, 7) is 1.41. The van der Waals surface area contributed by atoms with Gasteiger partial charge < -0.3 is 19.5 Å². The summed E-state index contributed by atoms with van der Waals surface area (Å²) in [7, 11) is 1.63. The highest BCUT2D eigenvalue weighted by Gasteiger charge is 2.27. The van der Waals surface area contributed by atoms with Gasteiger partial charge in [0.2, 0.25) is 11.7 Å². The first-order valence-corrected chi connectivity index (χ1v) is 9.32. The maximum Gasteiger partial charge on any atom is 0.324 e. The Morgan fingerprint density at radius 3 is 2.50 bits per heavy atom. The van der Waals surface area contributed by atoms with Crippen LogP contribution >= 0.6 is 0 Å². The number of carbonyl (C=O) groups excluding carboxylic acids is 1. The Morgan fingerprint density at radius 1 is 1.11 bits per heavy atom. The maximum absolute atomic E-state index is 12.5. The van der Waals surface area contributed by atoms with Crippen LogP contribution < -0.4 is 15.0 Å². The summed E-state index contributed by atoms with van der Waals surface area (Å²) in [6.07, 6.45) is 1.50. The normalized spacial score (nSPS) is 14.7. The summed E-state index contributed by atoms with van der Waals surface area (Å²) in [5.74, 6) is 1.38. The standard InChI is InChI=1S/C21H22N4O3/c1-27-18-9-7-15(8-10-18)19-23-21(28-24-19)25-13-11-16(12-14-25)20(26)22-17-5-3-2-4-6-17/h2-10,16H,11-14H2,1H3,(H,22,26). The van der Waals surface area contributed by atoms with Crippen LogP contribution in [0.1, 0.15) is 12.8 Å². The van der Waals surface area contributed by atoms with E-state index < -0.39 is 0 Å². The Morgan fingerprint density at radius 2 is 1.82 bits per heavy atom. The number of carbonyl (C=O) groups is 1. The van der Waals surface area contributed by atoms with Crippen LogP contribution in [-0.4, -0.2) is 36.2 Å². The molecule has 7 heteroatoms. The van der Waals surface area contributed by atoms with E-state index in [0.29, 0.717) is 24.9 Å². The van der Waals surface area contributed by atoms with Gasteiger partial charge in [0.25, 0.3) is 0 Å². The average molecular weight is 378 g/mol. The number of anilines is 2. The highest BCUT2D eigenvalue weighted by molar-refractivity contribution is 5.92. The molecule has 7 nitrogen and oxygen atoms in total. The van der Waals surface area contributed by atoms with Crippen molar-refractivity contribution in [3.05, 3.63) is 54.6 Å². The number of nitrogens with zero attached hydrogens (tertiary/aromatic N) is 3.